The van der Waals surface area contributed by atoms with Crippen molar-refractivity contribution in [3.63, 3.8) is 0 Å². The van der Waals surface area contributed by atoms with Gasteiger partial charge in [0.15, 0.2) is 17.0 Å². The van der Waals surface area contributed by atoms with Gasteiger partial charge in [0.05, 0.1) is 18.4 Å². The predicted octanol–water partition coefficient (Wildman–Crippen LogP) is 1.30. The van der Waals surface area contributed by atoms with E-state index in [-0.39, 0.29) is 42.0 Å². The molecule has 0 spiro atoms. The Hall–Kier alpha value is -5.53. The highest BCUT2D eigenvalue weighted by Crippen LogP contribution is 2.16. The SMILES string of the molecule is Nc1nc(N)c2nc(CNc3ccc(C(=O)N[C@@H](CCCNC(=O)c4ccc(O)cc4)C(=O)O)cc3)cnc2n1. The van der Waals surface area contributed by atoms with Crippen molar-refractivity contribution < 1.29 is 24.6 Å². The fourth-order valence-corrected chi connectivity index (χ4v) is 3.72. The Labute approximate surface area is 227 Å². The summed E-state index contributed by atoms with van der Waals surface area (Å²) in [7, 11) is 0. The third-order valence-electron chi connectivity index (χ3n) is 5.81. The van der Waals surface area contributed by atoms with Crippen molar-refractivity contribution in [2.75, 3.05) is 23.3 Å². The van der Waals surface area contributed by atoms with E-state index in [0.717, 1.165) is 0 Å². The second-order valence-corrected chi connectivity index (χ2v) is 8.74. The van der Waals surface area contributed by atoms with Gasteiger partial charge in [0.1, 0.15) is 11.8 Å². The molecular weight excluding hydrogens is 518 g/mol. The van der Waals surface area contributed by atoms with Crippen molar-refractivity contribution in [1.29, 1.82) is 0 Å². The minimum absolute atomic E-state index is 0.0134. The number of phenols is 1. The zero-order valence-electron chi connectivity index (χ0n) is 21.2. The molecule has 4 rings (SSSR count). The summed E-state index contributed by atoms with van der Waals surface area (Å²) in [4.78, 5) is 52.9. The Morgan fingerprint density at radius 1 is 0.900 bits per heavy atom. The van der Waals surface area contributed by atoms with Gasteiger partial charge in [-0.15, -0.1) is 0 Å². The van der Waals surface area contributed by atoms with Gasteiger partial charge in [-0.25, -0.2) is 14.8 Å². The van der Waals surface area contributed by atoms with E-state index in [2.05, 4.69) is 35.9 Å². The van der Waals surface area contributed by atoms with Crippen molar-refractivity contribution in [3.05, 3.63) is 71.5 Å². The van der Waals surface area contributed by atoms with Crippen LogP contribution >= 0.6 is 0 Å². The third-order valence-corrected chi connectivity index (χ3v) is 5.81. The Morgan fingerprint density at radius 3 is 2.27 bits per heavy atom. The highest BCUT2D eigenvalue weighted by molar-refractivity contribution is 5.97. The molecule has 0 saturated carbocycles. The number of nitrogen functional groups attached to an aromatic ring is 2. The number of hydrogen-bond acceptors (Lipinski definition) is 11. The van der Waals surface area contributed by atoms with Gasteiger partial charge in [-0.1, -0.05) is 0 Å². The van der Waals surface area contributed by atoms with E-state index >= 15 is 0 Å². The van der Waals surface area contributed by atoms with Crippen molar-refractivity contribution in [2.45, 2.75) is 25.4 Å². The average Bonchev–Trinajstić information content (AvgIpc) is 2.94. The summed E-state index contributed by atoms with van der Waals surface area (Å²) in [6, 6.07) is 11.1. The largest absolute Gasteiger partial charge is 0.508 e. The van der Waals surface area contributed by atoms with Crippen LogP contribution in [0, 0.1) is 0 Å². The Morgan fingerprint density at radius 2 is 1.57 bits per heavy atom. The smallest absolute Gasteiger partial charge is 0.326 e. The van der Waals surface area contributed by atoms with Crippen LogP contribution in [0.1, 0.15) is 39.3 Å². The molecule has 14 heteroatoms. The fraction of sp³-hybridized carbons (Fsp3) is 0.192. The molecule has 0 aliphatic rings. The second-order valence-electron chi connectivity index (χ2n) is 8.74. The van der Waals surface area contributed by atoms with E-state index in [1.165, 1.54) is 30.5 Å². The first-order valence-electron chi connectivity index (χ1n) is 12.2. The minimum Gasteiger partial charge on any atom is -0.508 e. The lowest BCUT2D eigenvalue weighted by Gasteiger charge is -2.15. The Kier molecular flexibility index (Phi) is 8.49. The first-order chi connectivity index (χ1) is 19.2. The second kappa shape index (κ2) is 12.3. The summed E-state index contributed by atoms with van der Waals surface area (Å²) in [5, 5.41) is 27.2. The van der Waals surface area contributed by atoms with Crippen LogP contribution in [0.2, 0.25) is 0 Å². The Balaban J connectivity index is 1.26. The molecule has 0 bridgehead atoms. The number of amides is 2. The summed E-state index contributed by atoms with van der Waals surface area (Å²) < 4.78 is 0. The first-order valence-corrected chi connectivity index (χ1v) is 12.2. The number of carboxylic acids is 1. The van der Waals surface area contributed by atoms with Gasteiger partial charge in [-0.05, 0) is 61.4 Å². The quantitative estimate of drug-likeness (QED) is 0.132. The number of nitrogens with one attached hydrogen (secondary N) is 3. The van der Waals surface area contributed by atoms with Crippen molar-refractivity contribution in [1.82, 2.24) is 30.6 Å². The summed E-state index contributed by atoms with van der Waals surface area (Å²) in [6.07, 6.45) is 1.98. The van der Waals surface area contributed by atoms with Crippen molar-refractivity contribution in [2.24, 2.45) is 0 Å². The normalized spacial score (nSPS) is 11.5. The Bertz CT molecular complexity index is 1530. The van der Waals surface area contributed by atoms with Gasteiger partial charge in [0, 0.05) is 23.4 Å². The molecule has 14 nitrogen and oxygen atoms in total. The van der Waals surface area contributed by atoms with Crippen molar-refractivity contribution >= 4 is 46.4 Å². The topological polar surface area (TPSA) is 231 Å². The number of carbonyl (C=O) groups is 3. The maximum Gasteiger partial charge on any atom is 0.326 e. The number of phenolic OH excluding ortho intramolecular Hbond substituents is 1. The number of benzene rings is 2. The van der Waals surface area contributed by atoms with Crippen molar-refractivity contribution in [3.8, 4) is 5.75 Å². The molecule has 2 aromatic heterocycles. The molecule has 0 saturated heterocycles. The molecular formula is C26H27N9O5. The molecule has 2 heterocycles. The van der Waals surface area contributed by atoms with Gasteiger partial charge < -0.3 is 37.6 Å². The minimum atomic E-state index is -1.18. The van der Waals surface area contributed by atoms with E-state index in [1.54, 1.807) is 24.3 Å². The number of fused-ring (bicyclic) bond motifs is 1. The number of anilines is 3. The molecule has 0 aliphatic heterocycles. The van der Waals surface area contributed by atoms with E-state index < -0.39 is 17.9 Å². The molecule has 4 aromatic rings. The number of nitrogens with two attached hydrogens (primary N) is 2. The number of carboxylic acid groups (broad SMARTS) is 1. The summed E-state index contributed by atoms with van der Waals surface area (Å²) >= 11 is 0. The van der Waals surface area contributed by atoms with E-state index in [9.17, 15) is 24.6 Å². The average molecular weight is 546 g/mol. The van der Waals surface area contributed by atoms with Crippen LogP contribution in [0.15, 0.2) is 54.7 Å². The maximum atomic E-state index is 12.6. The standard InChI is InChI=1S/C26H27N9O5/c27-21-20-22(35-26(28)34-21)31-13-17(32-20)12-30-16-7-3-15(4-8-16)24(38)33-19(25(39)40)2-1-11-29-23(37)14-5-9-18(36)10-6-14/h3-10,13,19,30,36H,1-2,11-12H2,(H,29,37)(H,33,38)(H,39,40)(H4,27,28,31,34,35)/t19-/m0/s1. The van der Waals surface area contributed by atoms with Crippen LogP contribution in [-0.4, -0.2) is 60.5 Å². The molecule has 0 aliphatic carbocycles. The van der Waals surface area contributed by atoms with Crippen LogP contribution in [0.25, 0.3) is 11.2 Å². The number of aromatic nitrogens is 4. The van der Waals surface area contributed by atoms with E-state index in [0.29, 0.717) is 41.1 Å². The molecule has 0 unspecified atom stereocenters. The lowest BCUT2D eigenvalue weighted by molar-refractivity contribution is -0.139. The summed E-state index contributed by atoms with van der Waals surface area (Å²) in [5.74, 6) is -1.87. The van der Waals surface area contributed by atoms with Gasteiger partial charge in [-0.3, -0.25) is 9.59 Å². The molecule has 0 fully saturated rings. The maximum absolute atomic E-state index is 12.6. The lowest BCUT2D eigenvalue weighted by Crippen LogP contribution is -2.41. The number of aromatic hydroxyl groups is 1. The zero-order chi connectivity index (χ0) is 28.6. The molecule has 206 valence electrons. The number of nitrogens with zero attached hydrogens (tertiary/aromatic N) is 4. The van der Waals surface area contributed by atoms with E-state index in [1.807, 2.05) is 0 Å². The summed E-state index contributed by atoms with van der Waals surface area (Å²) in [5.41, 5.74) is 14.0. The van der Waals surface area contributed by atoms with Crippen LogP contribution < -0.4 is 27.4 Å². The molecule has 2 amide bonds. The highest BCUT2D eigenvalue weighted by atomic mass is 16.4. The predicted molar refractivity (Wildman–Crippen MR) is 146 cm³/mol. The third kappa shape index (κ3) is 7.06. The number of aliphatic carboxylic acids is 1. The highest BCUT2D eigenvalue weighted by Gasteiger charge is 2.20. The van der Waals surface area contributed by atoms with Gasteiger partial charge in [0.2, 0.25) is 5.95 Å². The number of hydrogen-bond donors (Lipinski definition) is 7. The van der Waals surface area contributed by atoms with Crippen LogP contribution in [0.3, 0.4) is 0 Å². The lowest BCUT2D eigenvalue weighted by atomic mass is 10.1. The number of rotatable bonds is 11. The van der Waals surface area contributed by atoms with Crippen LogP contribution in [0.4, 0.5) is 17.5 Å². The van der Waals surface area contributed by atoms with E-state index in [4.69, 9.17) is 11.5 Å². The first kappa shape index (κ1) is 27.5. The van der Waals surface area contributed by atoms with Crippen LogP contribution in [-0.2, 0) is 11.3 Å². The number of carbonyl (C=O) groups excluding carboxylic acids is 2. The summed E-state index contributed by atoms with van der Waals surface area (Å²) in [6.45, 7) is 0.525. The molecule has 0 radical (unpaired) electrons. The zero-order valence-corrected chi connectivity index (χ0v) is 21.2. The monoisotopic (exact) mass is 545 g/mol. The molecule has 2 aromatic carbocycles. The fourth-order valence-electron chi connectivity index (χ4n) is 3.72. The molecule has 40 heavy (non-hydrogen) atoms. The van der Waals surface area contributed by atoms with Gasteiger partial charge in [0.25, 0.3) is 11.8 Å². The molecule has 1 atom stereocenters. The van der Waals surface area contributed by atoms with Crippen LogP contribution in [0.5, 0.6) is 5.75 Å². The van der Waals surface area contributed by atoms with Gasteiger partial charge in [-0.2, -0.15) is 9.97 Å². The molecule has 9 N–H and O–H groups in total. The van der Waals surface area contributed by atoms with Gasteiger partial charge >= 0.3 is 5.97 Å².